The van der Waals surface area contributed by atoms with E-state index in [-0.39, 0.29) is 6.10 Å². The van der Waals surface area contributed by atoms with Gasteiger partial charge in [-0.05, 0) is 17.7 Å². The summed E-state index contributed by atoms with van der Waals surface area (Å²) in [7, 11) is 0. The van der Waals surface area contributed by atoms with Crippen LogP contribution in [0.1, 0.15) is 17.2 Å². The molecule has 3 heterocycles. The predicted octanol–water partition coefficient (Wildman–Crippen LogP) is 2.70. The normalized spacial score (nSPS) is 19.9. The molecule has 0 spiro atoms. The van der Waals surface area contributed by atoms with Crippen LogP contribution in [0.3, 0.4) is 0 Å². The molecule has 5 heteroatoms. The zero-order valence-corrected chi connectivity index (χ0v) is 11.8. The number of halogens is 1. The van der Waals surface area contributed by atoms with Crippen molar-refractivity contribution in [3.05, 3.63) is 59.1 Å². The maximum Gasteiger partial charge on any atom is 0.0967 e. The van der Waals surface area contributed by atoms with Crippen molar-refractivity contribution in [1.29, 1.82) is 0 Å². The summed E-state index contributed by atoms with van der Waals surface area (Å²) in [5.41, 5.74) is 2.23. The Hall–Kier alpha value is -1.49. The number of pyridine rings is 2. The molecule has 1 aliphatic rings. The van der Waals surface area contributed by atoms with Crippen LogP contribution in [0.15, 0.2) is 43.0 Å². The van der Waals surface area contributed by atoms with E-state index in [0.29, 0.717) is 0 Å². The number of morpholine rings is 1. The first-order valence-electron chi connectivity index (χ1n) is 6.65. The lowest BCUT2D eigenvalue weighted by atomic mass is 10.1. The third-order valence-corrected chi connectivity index (χ3v) is 3.80. The van der Waals surface area contributed by atoms with Crippen molar-refractivity contribution in [3.8, 4) is 0 Å². The molecule has 1 aliphatic heterocycles. The molecular weight excluding hydrogens is 274 g/mol. The first kappa shape index (κ1) is 13.5. The van der Waals surface area contributed by atoms with Gasteiger partial charge in [-0.3, -0.25) is 14.9 Å². The third-order valence-electron chi connectivity index (χ3n) is 3.46. The molecule has 0 amide bonds. The summed E-state index contributed by atoms with van der Waals surface area (Å²) in [6.07, 6.45) is 7.20. The van der Waals surface area contributed by atoms with Crippen molar-refractivity contribution in [1.82, 2.24) is 14.9 Å². The van der Waals surface area contributed by atoms with Gasteiger partial charge in [-0.15, -0.1) is 0 Å². The first-order chi connectivity index (χ1) is 9.83. The molecule has 0 aromatic carbocycles. The summed E-state index contributed by atoms with van der Waals surface area (Å²) in [4.78, 5) is 10.5. The van der Waals surface area contributed by atoms with Crippen molar-refractivity contribution >= 4 is 11.6 Å². The highest BCUT2D eigenvalue weighted by Crippen LogP contribution is 2.24. The van der Waals surface area contributed by atoms with Gasteiger partial charge in [0, 0.05) is 50.0 Å². The van der Waals surface area contributed by atoms with Crippen molar-refractivity contribution < 1.29 is 4.74 Å². The molecule has 104 valence electrons. The number of hydrogen-bond donors (Lipinski definition) is 0. The molecule has 0 unspecified atom stereocenters. The van der Waals surface area contributed by atoms with Crippen LogP contribution in [0, 0.1) is 0 Å². The Morgan fingerprint density at radius 1 is 1.25 bits per heavy atom. The highest BCUT2D eigenvalue weighted by molar-refractivity contribution is 6.31. The Bertz CT molecular complexity index is 564. The van der Waals surface area contributed by atoms with E-state index < -0.39 is 0 Å². The van der Waals surface area contributed by atoms with Gasteiger partial charge in [0.1, 0.15) is 0 Å². The van der Waals surface area contributed by atoms with Gasteiger partial charge in [0.25, 0.3) is 0 Å². The van der Waals surface area contributed by atoms with Gasteiger partial charge in [-0.2, -0.15) is 0 Å². The second-order valence-electron chi connectivity index (χ2n) is 4.85. The molecule has 1 saturated heterocycles. The summed E-state index contributed by atoms with van der Waals surface area (Å²) < 4.78 is 5.84. The summed E-state index contributed by atoms with van der Waals surface area (Å²) >= 11 is 6.17. The Kier molecular flexibility index (Phi) is 4.25. The molecule has 0 radical (unpaired) electrons. The van der Waals surface area contributed by atoms with Crippen LogP contribution in [0.25, 0.3) is 0 Å². The summed E-state index contributed by atoms with van der Waals surface area (Å²) in [5, 5.41) is 0.719. The van der Waals surface area contributed by atoms with E-state index >= 15 is 0 Å². The lowest BCUT2D eigenvalue weighted by molar-refractivity contribution is -0.0330. The second kappa shape index (κ2) is 6.31. The second-order valence-corrected chi connectivity index (χ2v) is 5.26. The Morgan fingerprint density at radius 3 is 2.95 bits per heavy atom. The highest BCUT2D eigenvalue weighted by atomic mass is 35.5. The molecule has 2 aromatic rings. The lowest BCUT2D eigenvalue weighted by Gasteiger charge is -2.33. The van der Waals surface area contributed by atoms with E-state index in [2.05, 4.69) is 20.9 Å². The van der Waals surface area contributed by atoms with Crippen LogP contribution in [-0.2, 0) is 11.3 Å². The zero-order chi connectivity index (χ0) is 13.8. The fourth-order valence-corrected chi connectivity index (χ4v) is 2.57. The number of rotatable bonds is 3. The molecule has 1 fully saturated rings. The Labute approximate surface area is 123 Å². The number of aromatic nitrogens is 2. The van der Waals surface area contributed by atoms with Crippen molar-refractivity contribution in [3.63, 3.8) is 0 Å². The highest BCUT2D eigenvalue weighted by Gasteiger charge is 2.22. The van der Waals surface area contributed by atoms with Crippen LogP contribution in [0.2, 0.25) is 5.02 Å². The molecule has 0 aliphatic carbocycles. The van der Waals surface area contributed by atoms with E-state index in [1.165, 1.54) is 0 Å². The van der Waals surface area contributed by atoms with Crippen molar-refractivity contribution in [2.45, 2.75) is 12.6 Å². The number of hydrogen-bond acceptors (Lipinski definition) is 4. The van der Waals surface area contributed by atoms with Gasteiger partial charge in [0.15, 0.2) is 0 Å². The quantitative estimate of drug-likeness (QED) is 0.871. The van der Waals surface area contributed by atoms with Crippen LogP contribution in [0.4, 0.5) is 0 Å². The van der Waals surface area contributed by atoms with Crippen LogP contribution < -0.4 is 0 Å². The Morgan fingerprint density at radius 2 is 2.15 bits per heavy atom. The molecule has 0 N–H and O–H groups in total. The standard InChI is InChI=1S/C15H16ClN3O/c16-14-9-18-5-3-13(14)10-19-6-7-20-15(11-19)12-2-1-4-17-8-12/h1-5,8-9,15H,6-7,10-11H2/t15-/m0/s1. The van der Waals surface area contributed by atoms with E-state index in [1.807, 2.05) is 18.3 Å². The molecule has 3 rings (SSSR count). The van der Waals surface area contributed by atoms with Crippen LogP contribution in [0.5, 0.6) is 0 Å². The predicted molar refractivity (Wildman–Crippen MR) is 77.5 cm³/mol. The monoisotopic (exact) mass is 289 g/mol. The minimum atomic E-state index is 0.0815. The van der Waals surface area contributed by atoms with Gasteiger partial charge in [-0.25, -0.2) is 0 Å². The summed E-state index contributed by atoms with van der Waals surface area (Å²) in [6, 6.07) is 5.97. The molecule has 2 aromatic heterocycles. The molecule has 20 heavy (non-hydrogen) atoms. The molecular formula is C15H16ClN3O. The largest absolute Gasteiger partial charge is 0.371 e. The van der Waals surface area contributed by atoms with Gasteiger partial charge in [0.2, 0.25) is 0 Å². The van der Waals surface area contributed by atoms with E-state index in [4.69, 9.17) is 16.3 Å². The Balaban J connectivity index is 1.68. The van der Waals surface area contributed by atoms with Gasteiger partial charge < -0.3 is 4.74 Å². The fourth-order valence-electron chi connectivity index (χ4n) is 2.39. The number of ether oxygens (including phenoxy) is 1. The SMILES string of the molecule is Clc1cnccc1CN1CCO[C@H](c2cccnc2)C1. The molecule has 4 nitrogen and oxygen atoms in total. The third kappa shape index (κ3) is 3.15. The summed E-state index contributed by atoms with van der Waals surface area (Å²) in [5.74, 6) is 0. The van der Waals surface area contributed by atoms with E-state index in [1.54, 1.807) is 18.6 Å². The topological polar surface area (TPSA) is 38.2 Å². The molecule has 1 atom stereocenters. The van der Waals surface area contributed by atoms with Crippen molar-refractivity contribution in [2.24, 2.45) is 0 Å². The zero-order valence-electron chi connectivity index (χ0n) is 11.1. The first-order valence-corrected chi connectivity index (χ1v) is 7.03. The maximum absolute atomic E-state index is 6.17. The smallest absolute Gasteiger partial charge is 0.0967 e. The average molecular weight is 290 g/mol. The van der Waals surface area contributed by atoms with Crippen molar-refractivity contribution in [2.75, 3.05) is 19.7 Å². The van der Waals surface area contributed by atoms with Crippen LogP contribution >= 0.6 is 11.6 Å². The van der Waals surface area contributed by atoms with E-state index in [9.17, 15) is 0 Å². The van der Waals surface area contributed by atoms with Crippen LogP contribution in [-0.4, -0.2) is 34.6 Å². The maximum atomic E-state index is 6.17. The van der Waals surface area contributed by atoms with Gasteiger partial charge in [-0.1, -0.05) is 17.7 Å². The lowest BCUT2D eigenvalue weighted by Crippen LogP contribution is -2.37. The fraction of sp³-hybridized carbons (Fsp3) is 0.333. The molecule has 0 bridgehead atoms. The minimum absolute atomic E-state index is 0.0815. The number of nitrogens with zero attached hydrogens (tertiary/aromatic N) is 3. The van der Waals surface area contributed by atoms with E-state index in [0.717, 1.165) is 42.4 Å². The molecule has 0 saturated carbocycles. The summed E-state index contributed by atoms with van der Waals surface area (Å²) in [6.45, 7) is 3.31. The van der Waals surface area contributed by atoms with Gasteiger partial charge >= 0.3 is 0 Å². The minimum Gasteiger partial charge on any atom is -0.371 e. The van der Waals surface area contributed by atoms with Gasteiger partial charge in [0.05, 0.1) is 17.7 Å². The average Bonchev–Trinajstić information content (AvgIpc) is 2.51.